The van der Waals surface area contributed by atoms with Gasteiger partial charge in [-0.1, -0.05) is 13.8 Å². The van der Waals surface area contributed by atoms with E-state index >= 15 is 0 Å². The molecule has 1 aromatic rings. The summed E-state index contributed by atoms with van der Waals surface area (Å²) in [5.74, 6) is 1.31. The van der Waals surface area contributed by atoms with Gasteiger partial charge in [0.2, 0.25) is 0 Å². The van der Waals surface area contributed by atoms with E-state index in [2.05, 4.69) is 19.9 Å². The van der Waals surface area contributed by atoms with Crippen molar-refractivity contribution in [1.82, 2.24) is 0 Å². The van der Waals surface area contributed by atoms with E-state index in [0.29, 0.717) is 25.4 Å². The molecule has 4 nitrogen and oxygen atoms in total. The summed E-state index contributed by atoms with van der Waals surface area (Å²) >= 11 is 0. The van der Waals surface area contributed by atoms with Crippen LogP contribution in [0.3, 0.4) is 0 Å². The average molecular weight is 266 g/mol. The molecular weight excluding hydrogens is 240 g/mol. The Labute approximate surface area is 116 Å². The Bertz CT molecular complexity index is 394. The van der Waals surface area contributed by atoms with E-state index in [1.54, 1.807) is 7.11 Å². The number of ether oxygens (including phenoxy) is 1. The number of aliphatic hydroxyl groups excluding tert-OH is 1. The number of nitrogens with two attached hydrogens (primary N) is 1. The van der Waals surface area contributed by atoms with Crippen molar-refractivity contribution in [2.75, 3.05) is 32.1 Å². The van der Waals surface area contributed by atoms with E-state index in [1.807, 2.05) is 24.1 Å². The molecule has 0 fully saturated rings. The van der Waals surface area contributed by atoms with Crippen LogP contribution in [-0.2, 0) is 0 Å². The Balaban J connectivity index is 2.86. The van der Waals surface area contributed by atoms with E-state index in [1.165, 1.54) is 5.56 Å². The van der Waals surface area contributed by atoms with Gasteiger partial charge in [0, 0.05) is 19.3 Å². The largest absolute Gasteiger partial charge is 0.496 e. The molecule has 0 spiro atoms. The molecule has 19 heavy (non-hydrogen) atoms. The quantitative estimate of drug-likeness (QED) is 0.792. The zero-order valence-corrected chi connectivity index (χ0v) is 12.4. The van der Waals surface area contributed by atoms with Crippen molar-refractivity contribution < 1.29 is 9.84 Å². The van der Waals surface area contributed by atoms with Gasteiger partial charge in [-0.3, -0.25) is 0 Å². The Hall–Kier alpha value is -1.26. The topological polar surface area (TPSA) is 58.7 Å². The number of nitrogens with zero attached hydrogens (tertiary/aromatic N) is 1. The summed E-state index contributed by atoms with van der Waals surface area (Å²) in [5.41, 5.74) is 7.72. The molecular formula is C15H26N2O2. The van der Waals surface area contributed by atoms with E-state index in [4.69, 9.17) is 10.5 Å². The van der Waals surface area contributed by atoms with Crippen LogP contribution in [-0.4, -0.2) is 38.5 Å². The van der Waals surface area contributed by atoms with Crippen molar-refractivity contribution >= 4 is 5.69 Å². The normalized spacial score (nSPS) is 12.6. The second-order valence-corrected chi connectivity index (χ2v) is 5.19. The van der Waals surface area contributed by atoms with Crippen molar-refractivity contribution in [2.45, 2.75) is 32.3 Å². The minimum atomic E-state index is -0.389. The highest BCUT2D eigenvalue weighted by molar-refractivity contribution is 5.53. The first kappa shape index (κ1) is 15.8. The number of hydrogen-bond acceptors (Lipinski definition) is 4. The monoisotopic (exact) mass is 266 g/mol. The average Bonchev–Trinajstić information content (AvgIpc) is 2.37. The highest BCUT2D eigenvalue weighted by Gasteiger charge is 2.12. The van der Waals surface area contributed by atoms with Gasteiger partial charge in [-0.25, -0.2) is 0 Å². The molecule has 0 aliphatic heterocycles. The summed E-state index contributed by atoms with van der Waals surface area (Å²) in [4.78, 5) is 2.05. The van der Waals surface area contributed by atoms with E-state index in [9.17, 15) is 5.11 Å². The Morgan fingerprint density at radius 1 is 1.37 bits per heavy atom. The molecule has 1 aromatic carbocycles. The molecule has 0 heterocycles. The minimum Gasteiger partial charge on any atom is -0.496 e. The predicted molar refractivity (Wildman–Crippen MR) is 80.0 cm³/mol. The number of methoxy groups -OCH3 is 1. The van der Waals surface area contributed by atoms with Gasteiger partial charge in [0.05, 0.1) is 13.2 Å². The molecule has 0 saturated heterocycles. The Morgan fingerprint density at radius 2 is 2.05 bits per heavy atom. The molecule has 3 N–H and O–H groups in total. The smallest absolute Gasteiger partial charge is 0.122 e. The first-order valence-corrected chi connectivity index (χ1v) is 6.76. The van der Waals surface area contributed by atoms with Gasteiger partial charge < -0.3 is 20.5 Å². The van der Waals surface area contributed by atoms with Crippen molar-refractivity contribution in [3.63, 3.8) is 0 Å². The molecule has 0 aromatic heterocycles. The lowest BCUT2D eigenvalue weighted by Gasteiger charge is -2.24. The summed E-state index contributed by atoms with van der Waals surface area (Å²) in [5, 5.41) is 9.81. The highest BCUT2D eigenvalue weighted by Crippen LogP contribution is 2.30. The number of likely N-dealkylation sites (N-methyl/N-ethyl adjacent to an activating group) is 1. The van der Waals surface area contributed by atoms with Gasteiger partial charge in [0.15, 0.2) is 0 Å². The van der Waals surface area contributed by atoms with Crippen molar-refractivity contribution in [2.24, 2.45) is 5.73 Å². The number of aliphatic hydroxyl groups is 1. The second kappa shape index (κ2) is 7.36. The van der Waals surface area contributed by atoms with Gasteiger partial charge in [-0.05, 0) is 42.6 Å². The van der Waals surface area contributed by atoms with Crippen LogP contribution in [0.15, 0.2) is 18.2 Å². The Morgan fingerprint density at radius 3 is 2.58 bits per heavy atom. The van der Waals surface area contributed by atoms with Crippen molar-refractivity contribution in [3.05, 3.63) is 23.8 Å². The van der Waals surface area contributed by atoms with E-state index in [-0.39, 0.29) is 6.10 Å². The van der Waals surface area contributed by atoms with E-state index in [0.717, 1.165) is 11.4 Å². The molecule has 0 radical (unpaired) electrons. The van der Waals surface area contributed by atoms with Crippen LogP contribution >= 0.6 is 0 Å². The molecule has 0 aliphatic rings. The molecule has 0 saturated carbocycles. The number of hydrogen-bond donors (Lipinski definition) is 2. The minimum absolute atomic E-state index is 0.389. The van der Waals surface area contributed by atoms with Crippen LogP contribution in [0.25, 0.3) is 0 Å². The van der Waals surface area contributed by atoms with Crippen molar-refractivity contribution in [1.29, 1.82) is 0 Å². The predicted octanol–water partition coefficient (Wildman–Crippen LogP) is 1.96. The maximum absolute atomic E-state index is 9.81. The van der Waals surface area contributed by atoms with Crippen LogP contribution < -0.4 is 15.4 Å². The van der Waals surface area contributed by atoms with Crippen LogP contribution in [0.5, 0.6) is 5.75 Å². The fourth-order valence-electron chi connectivity index (χ4n) is 2.12. The highest BCUT2D eigenvalue weighted by atomic mass is 16.5. The summed E-state index contributed by atoms with van der Waals surface area (Å²) in [6, 6.07) is 6.12. The molecule has 1 rings (SSSR count). The maximum Gasteiger partial charge on any atom is 0.122 e. The summed E-state index contributed by atoms with van der Waals surface area (Å²) in [6.45, 7) is 5.38. The third-order valence-corrected chi connectivity index (χ3v) is 3.26. The zero-order chi connectivity index (χ0) is 14.4. The molecule has 4 heteroatoms. The molecule has 1 atom stereocenters. The van der Waals surface area contributed by atoms with Crippen LogP contribution in [0.2, 0.25) is 0 Å². The second-order valence-electron chi connectivity index (χ2n) is 5.19. The number of anilines is 1. The van der Waals surface area contributed by atoms with Gasteiger partial charge in [-0.15, -0.1) is 0 Å². The van der Waals surface area contributed by atoms with Crippen molar-refractivity contribution in [3.8, 4) is 5.75 Å². The van der Waals surface area contributed by atoms with Crippen LogP contribution in [0.4, 0.5) is 5.69 Å². The third-order valence-electron chi connectivity index (χ3n) is 3.26. The lowest BCUT2D eigenvalue weighted by atomic mass is 10.0. The van der Waals surface area contributed by atoms with Gasteiger partial charge >= 0.3 is 0 Å². The van der Waals surface area contributed by atoms with Crippen LogP contribution in [0, 0.1) is 0 Å². The molecule has 0 bridgehead atoms. The van der Waals surface area contributed by atoms with Crippen LogP contribution in [0.1, 0.15) is 31.7 Å². The molecule has 0 amide bonds. The summed E-state index contributed by atoms with van der Waals surface area (Å²) in [6.07, 6.45) is 0.233. The maximum atomic E-state index is 9.81. The first-order valence-electron chi connectivity index (χ1n) is 6.76. The fourth-order valence-corrected chi connectivity index (χ4v) is 2.12. The lowest BCUT2D eigenvalue weighted by molar-refractivity contribution is 0.174. The molecule has 1 unspecified atom stereocenters. The zero-order valence-electron chi connectivity index (χ0n) is 12.4. The third kappa shape index (κ3) is 4.40. The number of benzene rings is 1. The summed E-state index contributed by atoms with van der Waals surface area (Å²) < 4.78 is 5.38. The first-order chi connectivity index (χ1) is 8.99. The van der Waals surface area contributed by atoms with Gasteiger partial charge in [0.25, 0.3) is 0 Å². The molecule has 108 valence electrons. The number of rotatable bonds is 7. The fraction of sp³-hybridized carbons (Fsp3) is 0.600. The lowest BCUT2D eigenvalue weighted by Crippen LogP contribution is -2.30. The SMILES string of the molecule is COc1ccc(N(C)CC(O)CCN)cc1C(C)C. The standard InChI is InChI=1S/C15H26N2O2/c1-11(2)14-9-12(5-6-15(14)19-4)17(3)10-13(18)7-8-16/h5-6,9,11,13,18H,7-8,10,16H2,1-4H3. The van der Waals surface area contributed by atoms with Gasteiger partial charge in [0.1, 0.15) is 5.75 Å². The van der Waals surface area contributed by atoms with Gasteiger partial charge in [-0.2, -0.15) is 0 Å². The Kier molecular flexibility index (Phi) is 6.12. The summed E-state index contributed by atoms with van der Waals surface area (Å²) in [7, 11) is 3.67. The molecule has 0 aliphatic carbocycles. The van der Waals surface area contributed by atoms with E-state index < -0.39 is 0 Å².